The van der Waals surface area contributed by atoms with Crippen molar-refractivity contribution in [2.45, 2.75) is 20.0 Å². The second-order valence-corrected chi connectivity index (χ2v) is 3.98. The molecule has 0 aliphatic rings. The van der Waals surface area contributed by atoms with Gasteiger partial charge in [0.15, 0.2) is 0 Å². The average molecular weight is 246 g/mol. The number of nitrogens with one attached hydrogen (secondary N) is 1. The Morgan fingerprint density at radius 2 is 2.17 bits per heavy atom. The van der Waals surface area contributed by atoms with E-state index in [0.29, 0.717) is 13.2 Å². The number of hydrogen-bond donors (Lipinski definition) is 1. The zero-order valence-corrected chi connectivity index (χ0v) is 10.8. The van der Waals surface area contributed by atoms with Crippen molar-refractivity contribution in [2.75, 3.05) is 13.7 Å². The van der Waals surface area contributed by atoms with Crippen molar-refractivity contribution in [1.29, 1.82) is 0 Å². The number of ether oxygens (including phenoxy) is 1. The van der Waals surface area contributed by atoms with Gasteiger partial charge in [-0.25, -0.2) is 4.68 Å². The minimum atomic E-state index is 0.666. The summed E-state index contributed by atoms with van der Waals surface area (Å²) in [6.45, 7) is 4.05. The lowest BCUT2D eigenvalue weighted by atomic mass is 10.2. The Balaban J connectivity index is 2.12. The van der Waals surface area contributed by atoms with Crippen LogP contribution >= 0.6 is 0 Å². The second-order valence-electron chi connectivity index (χ2n) is 3.98. The van der Waals surface area contributed by atoms with Gasteiger partial charge in [0.2, 0.25) is 0 Å². The molecule has 1 heterocycles. The Kier molecular flexibility index (Phi) is 4.30. The molecule has 5 nitrogen and oxygen atoms in total. The first-order chi connectivity index (χ1) is 8.83. The van der Waals surface area contributed by atoms with Crippen molar-refractivity contribution < 1.29 is 4.74 Å². The van der Waals surface area contributed by atoms with E-state index in [1.165, 1.54) is 0 Å². The van der Waals surface area contributed by atoms with Crippen molar-refractivity contribution in [3.05, 3.63) is 41.7 Å². The van der Waals surface area contributed by atoms with E-state index in [0.717, 1.165) is 23.6 Å². The molecule has 0 aliphatic carbocycles. The molecule has 5 heteroatoms. The molecular formula is C13H18N4O. The van der Waals surface area contributed by atoms with Crippen LogP contribution in [-0.2, 0) is 13.1 Å². The quantitative estimate of drug-likeness (QED) is 0.838. The van der Waals surface area contributed by atoms with Crippen molar-refractivity contribution in [2.24, 2.45) is 0 Å². The molecule has 0 aliphatic heterocycles. The Hall–Kier alpha value is -1.88. The molecule has 0 spiro atoms. The highest BCUT2D eigenvalue weighted by molar-refractivity contribution is 5.33. The number of para-hydroxylation sites is 1. The minimum absolute atomic E-state index is 0.666. The standard InChI is InChI=1S/C13H18N4O/c1-3-18-13-7-5-4-6-11(13)9-17-10-12(8-14-2)15-16-17/h4-7,10,14H,3,8-9H2,1-2H3. The van der Waals surface area contributed by atoms with E-state index in [1.54, 1.807) is 0 Å². The van der Waals surface area contributed by atoms with E-state index in [2.05, 4.69) is 15.6 Å². The number of benzene rings is 1. The minimum Gasteiger partial charge on any atom is -0.494 e. The van der Waals surface area contributed by atoms with Gasteiger partial charge in [0.05, 0.1) is 25.0 Å². The van der Waals surface area contributed by atoms with Crippen molar-refractivity contribution in [1.82, 2.24) is 20.3 Å². The molecule has 0 saturated heterocycles. The lowest BCUT2D eigenvalue weighted by molar-refractivity contribution is 0.335. The molecule has 1 aromatic carbocycles. The molecule has 2 rings (SSSR count). The maximum absolute atomic E-state index is 5.59. The molecule has 1 aromatic heterocycles. The Morgan fingerprint density at radius 1 is 1.33 bits per heavy atom. The van der Waals surface area contributed by atoms with Gasteiger partial charge < -0.3 is 10.1 Å². The monoisotopic (exact) mass is 246 g/mol. The highest BCUT2D eigenvalue weighted by Crippen LogP contribution is 2.18. The summed E-state index contributed by atoms with van der Waals surface area (Å²) in [5.41, 5.74) is 2.05. The van der Waals surface area contributed by atoms with Crippen LogP contribution in [0.4, 0.5) is 0 Å². The van der Waals surface area contributed by atoms with Crippen LogP contribution in [-0.4, -0.2) is 28.6 Å². The normalized spacial score (nSPS) is 10.6. The average Bonchev–Trinajstić information content (AvgIpc) is 2.80. The molecule has 0 radical (unpaired) electrons. The van der Waals surface area contributed by atoms with E-state index >= 15 is 0 Å². The van der Waals surface area contributed by atoms with Gasteiger partial charge in [-0.05, 0) is 20.0 Å². The van der Waals surface area contributed by atoms with E-state index in [9.17, 15) is 0 Å². The number of rotatable bonds is 6. The van der Waals surface area contributed by atoms with Crippen LogP contribution in [0, 0.1) is 0 Å². The third-order valence-electron chi connectivity index (χ3n) is 2.55. The van der Waals surface area contributed by atoms with Crippen molar-refractivity contribution in [3.8, 4) is 5.75 Å². The summed E-state index contributed by atoms with van der Waals surface area (Å²) in [5.74, 6) is 0.908. The summed E-state index contributed by atoms with van der Waals surface area (Å²) in [6.07, 6.45) is 1.94. The van der Waals surface area contributed by atoms with Crippen molar-refractivity contribution >= 4 is 0 Å². The fourth-order valence-corrected chi connectivity index (χ4v) is 1.78. The van der Waals surface area contributed by atoms with Crippen LogP contribution in [0.25, 0.3) is 0 Å². The number of aromatic nitrogens is 3. The first kappa shape index (κ1) is 12.6. The largest absolute Gasteiger partial charge is 0.494 e. The first-order valence-corrected chi connectivity index (χ1v) is 6.07. The predicted molar refractivity (Wildman–Crippen MR) is 69.5 cm³/mol. The lowest BCUT2D eigenvalue weighted by Crippen LogP contribution is -2.05. The fraction of sp³-hybridized carbons (Fsp3) is 0.385. The van der Waals surface area contributed by atoms with Crippen LogP contribution in [0.2, 0.25) is 0 Å². The Morgan fingerprint density at radius 3 is 2.94 bits per heavy atom. The molecule has 1 N–H and O–H groups in total. The zero-order valence-electron chi connectivity index (χ0n) is 10.8. The van der Waals surface area contributed by atoms with Crippen LogP contribution in [0.15, 0.2) is 30.5 Å². The van der Waals surface area contributed by atoms with Gasteiger partial charge in [-0.3, -0.25) is 0 Å². The maximum atomic E-state index is 5.59. The fourth-order valence-electron chi connectivity index (χ4n) is 1.78. The van der Waals surface area contributed by atoms with Gasteiger partial charge in [0.1, 0.15) is 5.75 Å². The molecule has 18 heavy (non-hydrogen) atoms. The van der Waals surface area contributed by atoms with Gasteiger partial charge in [0.25, 0.3) is 0 Å². The van der Waals surface area contributed by atoms with E-state index in [4.69, 9.17) is 4.74 Å². The van der Waals surface area contributed by atoms with E-state index in [1.807, 2.05) is 49.1 Å². The summed E-state index contributed by atoms with van der Waals surface area (Å²) in [6, 6.07) is 8.00. The molecule has 2 aromatic rings. The molecule has 0 saturated carbocycles. The molecular weight excluding hydrogens is 228 g/mol. The van der Waals surface area contributed by atoms with Crippen LogP contribution in [0.3, 0.4) is 0 Å². The van der Waals surface area contributed by atoms with E-state index < -0.39 is 0 Å². The van der Waals surface area contributed by atoms with Gasteiger partial charge in [-0.1, -0.05) is 23.4 Å². The summed E-state index contributed by atoms with van der Waals surface area (Å²) >= 11 is 0. The van der Waals surface area contributed by atoms with E-state index in [-0.39, 0.29) is 0 Å². The summed E-state index contributed by atoms with van der Waals surface area (Å²) in [7, 11) is 1.89. The maximum Gasteiger partial charge on any atom is 0.124 e. The molecule has 0 amide bonds. The molecule has 0 fully saturated rings. The highest BCUT2D eigenvalue weighted by atomic mass is 16.5. The first-order valence-electron chi connectivity index (χ1n) is 6.07. The summed E-state index contributed by atoms with van der Waals surface area (Å²) in [5, 5.41) is 11.2. The third-order valence-corrected chi connectivity index (χ3v) is 2.55. The van der Waals surface area contributed by atoms with Crippen LogP contribution < -0.4 is 10.1 Å². The highest BCUT2D eigenvalue weighted by Gasteiger charge is 2.05. The lowest BCUT2D eigenvalue weighted by Gasteiger charge is -2.09. The second kappa shape index (κ2) is 6.16. The molecule has 0 unspecified atom stereocenters. The number of nitrogens with zero attached hydrogens (tertiary/aromatic N) is 3. The Bertz CT molecular complexity index is 495. The van der Waals surface area contributed by atoms with Gasteiger partial charge >= 0.3 is 0 Å². The van der Waals surface area contributed by atoms with Crippen molar-refractivity contribution in [3.63, 3.8) is 0 Å². The molecule has 96 valence electrons. The third kappa shape index (κ3) is 3.07. The van der Waals surface area contributed by atoms with Gasteiger partial charge in [0, 0.05) is 12.1 Å². The topological polar surface area (TPSA) is 52.0 Å². The van der Waals surface area contributed by atoms with Gasteiger partial charge in [-0.15, -0.1) is 5.10 Å². The summed E-state index contributed by atoms with van der Waals surface area (Å²) in [4.78, 5) is 0. The molecule has 0 bridgehead atoms. The zero-order chi connectivity index (χ0) is 12.8. The Labute approximate surface area is 107 Å². The van der Waals surface area contributed by atoms with Gasteiger partial charge in [-0.2, -0.15) is 0 Å². The molecule has 0 atom stereocenters. The smallest absolute Gasteiger partial charge is 0.124 e. The number of hydrogen-bond acceptors (Lipinski definition) is 4. The summed E-state index contributed by atoms with van der Waals surface area (Å²) < 4.78 is 7.41. The SMILES string of the molecule is CCOc1ccccc1Cn1cc(CNC)nn1. The van der Waals surface area contributed by atoms with Crippen LogP contribution in [0.5, 0.6) is 5.75 Å². The van der Waals surface area contributed by atoms with Crippen LogP contribution in [0.1, 0.15) is 18.2 Å². The predicted octanol–water partition coefficient (Wildman–Crippen LogP) is 1.44.